The molecule has 0 amide bonds. The largest absolute Gasteiger partial charge is 0.341 e. The summed E-state index contributed by atoms with van der Waals surface area (Å²) >= 11 is 18.0. The molecule has 0 nitrogen and oxygen atoms in total. The molecule has 0 aromatic heterocycles. The molecule has 4 saturated carbocycles. The normalized spacial score (nSPS) is 44.3. The van der Waals surface area contributed by atoms with E-state index in [2.05, 4.69) is 0 Å². The van der Waals surface area contributed by atoms with Crippen molar-refractivity contribution < 1.29 is 0 Å². The molecule has 4 aliphatic carbocycles. The lowest BCUT2D eigenvalue weighted by Gasteiger charge is -2.57. The standard InChI is InChI=1S/C13H21Cl3Si/c14-17(15,16)3-1-2-13-7-10-4-11(8-13)6-12(5-10)9-13/h10-12H,1-9H2. The van der Waals surface area contributed by atoms with E-state index < -0.39 is 6.00 Å². The van der Waals surface area contributed by atoms with Crippen molar-refractivity contribution in [2.45, 2.75) is 57.4 Å². The molecule has 0 aromatic rings. The molecule has 0 spiro atoms. The molecule has 0 radical (unpaired) electrons. The van der Waals surface area contributed by atoms with Crippen LogP contribution in [0.1, 0.15) is 51.4 Å². The Hall–Kier alpha value is 1.09. The Bertz CT molecular complexity index is 262. The molecule has 4 rings (SSSR count). The summed E-state index contributed by atoms with van der Waals surface area (Å²) in [5.41, 5.74) is 0.666. The lowest BCUT2D eigenvalue weighted by atomic mass is 9.49. The quantitative estimate of drug-likeness (QED) is 0.465. The zero-order chi connectivity index (χ0) is 12.1. The third-order valence-electron chi connectivity index (χ3n) is 5.33. The first-order chi connectivity index (χ1) is 7.94. The van der Waals surface area contributed by atoms with Gasteiger partial charge in [-0.15, -0.1) is 33.2 Å². The van der Waals surface area contributed by atoms with E-state index in [-0.39, 0.29) is 0 Å². The van der Waals surface area contributed by atoms with Crippen LogP contribution in [0.5, 0.6) is 0 Å². The molecule has 0 aromatic carbocycles. The van der Waals surface area contributed by atoms with E-state index in [0.717, 1.165) is 30.2 Å². The SMILES string of the molecule is Cl[Si](Cl)(Cl)CCCC12CC3CC(CC(C3)C1)C2. The van der Waals surface area contributed by atoms with Crippen LogP contribution in [0.2, 0.25) is 6.04 Å². The molecule has 0 aliphatic heterocycles. The van der Waals surface area contributed by atoms with E-state index in [1.807, 2.05) is 0 Å². The van der Waals surface area contributed by atoms with Gasteiger partial charge in [0, 0.05) is 0 Å². The van der Waals surface area contributed by atoms with Gasteiger partial charge in [0.15, 0.2) is 0 Å². The predicted octanol–water partition coefficient (Wildman–Crippen LogP) is 5.64. The summed E-state index contributed by atoms with van der Waals surface area (Å²) in [5, 5.41) is 0. The van der Waals surface area contributed by atoms with Crippen LogP contribution < -0.4 is 0 Å². The second kappa shape index (κ2) is 4.58. The minimum Gasteiger partial charge on any atom is -0.126 e. The fourth-order valence-electron chi connectivity index (χ4n) is 5.26. The van der Waals surface area contributed by atoms with Gasteiger partial charge in [0.25, 0.3) is 0 Å². The van der Waals surface area contributed by atoms with Crippen molar-refractivity contribution in [1.82, 2.24) is 0 Å². The Morgan fingerprint density at radius 3 is 1.76 bits per heavy atom. The summed E-state index contributed by atoms with van der Waals surface area (Å²) in [5.74, 6) is 3.14. The van der Waals surface area contributed by atoms with Crippen LogP contribution in [0.15, 0.2) is 0 Å². The summed E-state index contributed by atoms with van der Waals surface area (Å²) in [6.07, 6.45) is 11.5. The van der Waals surface area contributed by atoms with E-state index in [9.17, 15) is 0 Å². The first-order valence-electron chi connectivity index (χ1n) is 7.01. The summed E-state index contributed by atoms with van der Waals surface area (Å²) < 4.78 is 0. The Morgan fingerprint density at radius 2 is 1.35 bits per heavy atom. The van der Waals surface area contributed by atoms with Gasteiger partial charge in [0.2, 0.25) is 0 Å². The Labute approximate surface area is 120 Å². The fraction of sp³-hybridized carbons (Fsp3) is 1.00. The van der Waals surface area contributed by atoms with Crippen molar-refractivity contribution in [3.05, 3.63) is 0 Å². The second-order valence-electron chi connectivity index (χ2n) is 6.89. The van der Waals surface area contributed by atoms with Crippen LogP contribution in [0.25, 0.3) is 0 Å². The van der Waals surface area contributed by atoms with Crippen LogP contribution in [0.3, 0.4) is 0 Å². The van der Waals surface area contributed by atoms with E-state index >= 15 is 0 Å². The highest BCUT2D eigenvalue weighted by Crippen LogP contribution is 2.61. The second-order valence-corrected chi connectivity index (χ2v) is 16.2. The zero-order valence-corrected chi connectivity index (χ0v) is 13.5. The summed E-state index contributed by atoms with van der Waals surface area (Å²) in [6, 6.07) is -1.51. The van der Waals surface area contributed by atoms with Gasteiger partial charge < -0.3 is 0 Å². The van der Waals surface area contributed by atoms with Crippen molar-refractivity contribution in [2.24, 2.45) is 23.2 Å². The van der Waals surface area contributed by atoms with E-state index in [4.69, 9.17) is 33.2 Å². The average Bonchev–Trinajstić information content (AvgIpc) is 2.11. The third kappa shape index (κ3) is 2.99. The molecule has 0 N–H and O–H groups in total. The number of rotatable bonds is 4. The fourth-order valence-corrected chi connectivity index (χ4v) is 7.04. The van der Waals surface area contributed by atoms with Crippen molar-refractivity contribution in [3.8, 4) is 0 Å². The number of hydrogen-bond donors (Lipinski definition) is 0. The maximum atomic E-state index is 5.99. The minimum atomic E-state index is -2.38. The molecule has 0 atom stereocenters. The summed E-state index contributed by atoms with van der Waals surface area (Å²) in [7, 11) is 0. The topological polar surface area (TPSA) is 0 Å². The van der Waals surface area contributed by atoms with E-state index in [1.165, 1.54) is 44.9 Å². The van der Waals surface area contributed by atoms with Gasteiger partial charge in [-0.1, -0.05) is 6.42 Å². The lowest BCUT2D eigenvalue weighted by Crippen LogP contribution is -2.46. The number of halogens is 3. The van der Waals surface area contributed by atoms with Gasteiger partial charge in [-0.25, -0.2) is 0 Å². The van der Waals surface area contributed by atoms with Gasteiger partial charge >= 0.3 is 6.00 Å². The highest BCUT2D eigenvalue weighted by molar-refractivity contribution is 7.64. The van der Waals surface area contributed by atoms with Crippen molar-refractivity contribution in [2.75, 3.05) is 0 Å². The van der Waals surface area contributed by atoms with Crippen molar-refractivity contribution in [3.63, 3.8) is 0 Å². The maximum absolute atomic E-state index is 5.99. The molecule has 4 fully saturated rings. The molecule has 0 saturated heterocycles. The van der Waals surface area contributed by atoms with Gasteiger partial charge in [0.05, 0.1) is 0 Å². The van der Waals surface area contributed by atoms with Gasteiger partial charge in [-0.3, -0.25) is 0 Å². The first kappa shape index (κ1) is 13.1. The molecule has 98 valence electrons. The van der Waals surface area contributed by atoms with Crippen molar-refractivity contribution >= 4 is 39.2 Å². The lowest BCUT2D eigenvalue weighted by molar-refractivity contribution is -0.0574. The smallest absolute Gasteiger partial charge is 0.126 e. The average molecular weight is 312 g/mol. The first-order valence-corrected chi connectivity index (χ1v) is 12.3. The Balaban J connectivity index is 1.59. The minimum absolute atomic E-state index is 0.666. The Kier molecular flexibility index (Phi) is 3.52. The van der Waals surface area contributed by atoms with E-state index in [0.29, 0.717) is 5.41 Å². The molecule has 4 aliphatic rings. The molecule has 0 heterocycles. The summed E-state index contributed by atoms with van der Waals surface area (Å²) in [6.45, 7) is 0. The van der Waals surface area contributed by atoms with Crippen molar-refractivity contribution in [1.29, 1.82) is 0 Å². The molecular formula is C13H21Cl3Si. The van der Waals surface area contributed by atoms with Gasteiger partial charge in [-0.2, -0.15) is 0 Å². The van der Waals surface area contributed by atoms with Crippen LogP contribution in [0, 0.1) is 23.2 Å². The molecule has 4 bridgehead atoms. The predicted molar refractivity (Wildman–Crippen MR) is 78.0 cm³/mol. The van der Waals surface area contributed by atoms with Crippen LogP contribution in [-0.2, 0) is 0 Å². The molecular weight excluding hydrogens is 291 g/mol. The van der Waals surface area contributed by atoms with Gasteiger partial charge in [-0.05, 0) is 74.2 Å². The Morgan fingerprint density at radius 1 is 0.882 bits per heavy atom. The molecule has 4 heteroatoms. The van der Waals surface area contributed by atoms with Crippen LogP contribution >= 0.6 is 33.2 Å². The third-order valence-corrected chi connectivity index (χ3v) is 7.95. The highest BCUT2D eigenvalue weighted by atomic mass is 35.8. The zero-order valence-electron chi connectivity index (χ0n) is 10.2. The molecule has 17 heavy (non-hydrogen) atoms. The highest BCUT2D eigenvalue weighted by Gasteiger charge is 2.50. The number of hydrogen-bond acceptors (Lipinski definition) is 0. The van der Waals surface area contributed by atoms with E-state index in [1.54, 1.807) is 0 Å². The van der Waals surface area contributed by atoms with Crippen LogP contribution in [-0.4, -0.2) is 6.00 Å². The molecule has 0 unspecified atom stereocenters. The van der Waals surface area contributed by atoms with Gasteiger partial charge in [0.1, 0.15) is 0 Å². The summed E-state index contributed by atoms with van der Waals surface area (Å²) in [4.78, 5) is 0. The van der Waals surface area contributed by atoms with Crippen LogP contribution in [0.4, 0.5) is 0 Å². The monoisotopic (exact) mass is 310 g/mol. The maximum Gasteiger partial charge on any atom is 0.341 e.